The van der Waals surface area contributed by atoms with E-state index in [0.29, 0.717) is 0 Å². The Balaban J connectivity index is 2.21. The third kappa shape index (κ3) is 5.03. The highest BCUT2D eigenvalue weighted by molar-refractivity contribution is 5.56. The molecule has 0 fully saturated rings. The van der Waals surface area contributed by atoms with E-state index < -0.39 is 0 Å². The lowest BCUT2D eigenvalue weighted by molar-refractivity contribution is 0.134. The largest absolute Gasteiger partial charge is 0.399 e. The normalized spacial score (nSPS) is 10.4. The first-order valence-corrected chi connectivity index (χ1v) is 5.91. The van der Waals surface area contributed by atoms with Crippen molar-refractivity contribution in [2.75, 3.05) is 30.8 Å². The third-order valence-corrected chi connectivity index (χ3v) is 2.24. The predicted octanol–water partition coefficient (Wildman–Crippen LogP) is 2.81. The lowest BCUT2D eigenvalue weighted by Gasteiger charge is -2.08. The Morgan fingerprint density at radius 3 is 2.75 bits per heavy atom. The molecule has 0 heterocycles. The Morgan fingerprint density at radius 1 is 1.25 bits per heavy atom. The summed E-state index contributed by atoms with van der Waals surface area (Å²) in [5.41, 5.74) is 8.85. The van der Waals surface area contributed by atoms with E-state index in [9.17, 15) is 0 Å². The number of hydrogen-bond donors (Lipinski definition) is 2. The number of aryl methyl sites for hydroxylation is 1. The number of nitrogens with two attached hydrogens (primary N) is 1. The van der Waals surface area contributed by atoms with Crippen molar-refractivity contribution in [2.24, 2.45) is 0 Å². The van der Waals surface area contributed by atoms with Crippen molar-refractivity contribution in [3.63, 3.8) is 0 Å². The summed E-state index contributed by atoms with van der Waals surface area (Å²) in [6.07, 6.45) is 2.11. The van der Waals surface area contributed by atoms with Gasteiger partial charge in [0.15, 0.2) is 0 Å². The van der Waals surface area contributed by atoms with Crippen molar-refractivity contribution >= 4 is 11.4 Å². The van der Waals surface area contributed by atoms with Crippen LogP contribution in [0.5, 0.6) is 0 Å². The number of benzene rings is 1. The van der Waals surface area contributed by atoms with Crippen LogP contribution >= 0.6 is 0 Å². The van der Waals surface area contributed by atoms with Crippen LogP contribution in [0.15, 0.2) is 18.2 Å². The molecular weight excluding hydrogens is 200 g/mol. The van der Waals surface area contributed by atoms with E-state index in [1.54, 1.807) is 0 Å². The first kappa shape index (κ1) is 12.8. The van der Waals surface area contributed by atoms with Crippen LogP contribution < -0.4 is 11.1 Å². The number of nitrogens with one attached hydrogen (secondary N) is 1. The molecule has 0 amide bonds. The number of nitrogen functional groups attached to an aromatic ring is 1. The zero-order valence-corrected chi connectivity index (χ0v) is 10.3. The third-order valence-electron chi connectivity index (χ3n) is 2.24. The van der Waals surface area contributed by atoms with E-state index in [-0.39, 0.29) is 0 Å². The molecule has 16 heavy (non-hydrogen) atoms. The summed E-state index contributed by atoms with van der Waals surface area (Å²) in [5, 5.41) is 3.34. The second-order valence-electron chi connectivity index (χ2n) is 4.03. The fraction of sp³-hybridized carbons (Fsp3) is 0.538. The molecular formula is C13H22N2O. The molecule has 90 valence electrons. The Kier molecular flexibility index (Phi) is 5.72. The summed E-state index contributed by atoms with van der Waals surface area (Å²) in [4.78, 5) is 0. The first-order chi connectivity index (χ1) is 7.72. The Hall–Kier alpha value is -1.22. The van der Waals surface area contributed by atoms with E-state index in [2.05, 4.69) is 18.3 Å². The minimum atomic E-state index is 0.810. The van der Waals surface area contributed by atoms with E-state index in [1.807, 2.05) is 19.1 Å². The number of anilines is 2. The maximum Gasteiger partial charge on any atom is 0.0482 e. The first-order valence-electron chi connectivity index (χ1n) is 5.91. The van der Waals surface area contributed by atoms with Gasteiger partial charge >= 0.3 is 0 Å². The van der Waals surface area contributed by atoms with Crippen molar-refractivity contribution < 1.29 is 4.74 Å². The van der Waals surface area contributed by atoms with Gasteiger partial charge in [0.05, 0.1) is 0 Å². The van der Waals surface area contributed by atoms with Gasteiger partial charge in [0, 0.05) is 31.1 Å². The van der Waals surface area contributed by atoms with Crippen molar-refractivity contribution in [1.29, 1.82) is 0 Å². The highest BCUT2D eigenvalue weighted by Crippen LogP contribution is 2.15. The molecule has 0 saturated carbocycles. The Morgan fingerprint density at radius 2 is 2.06 bits per heavy atom. The van der Waals surface area contributed by atoms with Crippen LogP contribution in [0.4, 0.5) is 11.4 Å². The lowest BCUT2D eigenvalue weighted by atomic mass is 10.2. The molecule has 0 aliphatic rings. The fourth-order valence-electron chi connectivity index (χ4n) is 1.57. The summed E-state index contributed by atoms with van der Waals surface area (Å²) in [6, 6.07) is 6.03. The summed E-state index contributed by atoms with van der Waals surface area (Å²) in [6.45, 7) is 6.77. The highest BCUT2D eigenvalue weighted by atomic mass is 16.5. The average molecular weight is 222 g/mol. The van der Waals surface area contributed by atoms with Gasteiger partial charge in [-0.05, 0) is 43.5 Å². The highest BCUT2D eigenvalue weighted by Gasteiger charge is 1.95. The minimum Gasteiger partial charge on any atom is -0.399 e. The summed E-state index contributed by atoms with van der Waals surface area (Å²) in [7, 11) is 0. The van der Waals surface area contributed by atoms with Crippen LogP contribution in [0.1, 0.15) is 25.3 Å². The zero-order chi connectivity index (χ0) is 11.8. The molecule has 1 aromatic carbocycles. The van der Waals surface area contributed by atoms with E-state index in [1.165, 1.54) is 5.56 Å². The second-order valence-corrected chi connectivity index (χ2v) is 4.03. The maximum atomic E-state index is 5.76. The van der Waals surface area contributed by atoms with Gasteiger partial charge in [-0.2, -0.15) is 0 Å². The molecule has 0 aromatic heterocycles. The maximum absolute atomic E-state index is 5.76. The van der Waals surface area contributed by atoms with Gasteiger partial charge in [-0.15, -0.1) is 0 Å². The molecule has 0 unspecified atom stereocenters. The zero-order valence-electron chi connectivity index (χ0n) is 10.3. The van der Waals surface area contributed by atoms with Gasteiger partial charge in [0.25, 0.3) is 0 Å². The van der Waals surface area contributed by atoms with Crippen LogP contribution in [-0.2, 0) is 4.74 Å². The average Bonchev–Trinajstić information content (AvgIpc) is 2.22. The quantitative estimate of drug-likeness (QED) is 0.551. The van der Waals surface area contributed by atoms with E-state index >= 15 is 0 Å². The van der Waals surface area contributed by atoms with Gasteiger partial charge < -0.3 is 15.8 Å². The SMILES string of the molecule is CCCOCCCNc1cc(C)cc(N)c1. The van der Waals surface area contributed by atoms with Crippen molar-refractivity contribution in [2.45, 2.75) is 26.7 Å². The molecule has 0 saturated heterocycles. The molecule has 0 atom stereocenters. The molecule has 0 aliphatic heterocycles. The number of ether oxygens (including phenoxy) is 1. The molecule has 3 N–H and O–H groups in total. The fourth-order valence-corrected chi connectivity index (χ4v) is 1.57. The molecule has 3 heteroatoms. The molecule has 0 bridgehead atoms. The van der Waals surface area contributed by atoms with Crippen molar-refractivity contribution in [3.05, 3.63) is 23.8 Å². The molecule has 0 aliphatic carbocycles. The van der Waals surface area contributed by atoms with Gasteiger partial charge in [0.1, 0.15) is 0 Å². The van der Waals surface area contributed by atoms with Gasteiger partial charge in [-0.1, -0.05) is 6.92 Å². The lowest BCUT2D eigenvalue weighted by Crippen LogP contribution is -2.06. The number of hydrogen-bond acceptors (Lipinski definition) is 3. The Labute approximate surface area is 98.0 Å². The van der Waals surface area contributed by atoms with Crippen LogP contribution in [0.3, 0.4) is 0 Å². The standard InChI is InChI=1S/C13H22N2O/c1-3-6-16-7-4-5-15-13-9-11(2)8-12(14)10-13/h8-10,15H,3-7,14H2,1-2H3. The van der Waals surface area contributed by atoms with Crippen LogP contribution in [0.2, 0.25) is 0 Å². The molecule has 0 radical (unpaired) electrons. The van der Waals surface area contributed by atoms with E-state index in [4.69, 9.17) is 10.5 Å². The molecule has 3 nitrogen and oxygen atoms in total. The van der Waals surface area contributed by atoms with E-state index in [0.717, 1.165) is 44.0 Å². The molecule has 1 rings (SSSR count). The van der Waals surface area contributed by atoms with Gasteiger partial charge in [-0.3, -0.25) is 0 Å². The van der Waals surface area contributed by atoms with Crippen LogP contribution in [0, 0.1) is 6.92 Å². The minimum absolute atomic E-state index is 0.810. The Bertz CT molecular complexity index is 293. The summed E-state index contributed by atoms with van der Waals surface area (Å²) < 4.78 is 5.40. The molecule has 0 spiro atoms. The van der Waals surface area contributed by atoms with Crippen molar-refractivity contribution in [1.82, 2.24) is 0 Å². The van der Waals surface area contributed by atoms with Gasteiger partial charge in [-0.25, -0.2) is 0 Å². The topological polar surface area (TPSA) is 47.3 Å². The van der Waals surface area contributed by atoms with Crippen LogP contribution in [-0.4, -0.2) is 19.8 Å². The smallest absolute Gasteiger partial charge is 0.0482 e. The monoisotopic (exact) mass is 222 g/mol. The summed E-state index contributed by atoms with van der Waals surface area (Å²) in [5.74, 6) is 0. The van der Waals surface area contributed by atoms with Gasteiger partial charge in [0.2, 0.25) is 0 Å². The van der Waals surface area contributed by atoms with Crippen molar-refractivity contribution in [3.8, 4) is 0 Å². The van der Waals surface area contributed by atoms with Crippen LogP contribution in [0.25, 0.3) is 0 Å². The number of rotatable bonds is 7. The predicted molar refractivity (Wildman–Crippen MR) is 69.8 cm³/mol. The summed E-state index contributed by atoms with van der Waals surface area (Å²) >= 11 is 0. The molecule has 1 aromatic rings. The second kappa shape index (κ2) is 7.12.